The first kappa shape index (κ1) is 24.5. The Hall–Kier alpha value is -4.65. The molecule has 10 heteroatoms. The summed E-state index contributed by atoms with van der Waals surface area (Å²) < 4.78 is 11.2. The molecular formula is C26H24N4O6. The largest absolute Gasteiger partial charge is 0.484 e. The van der Waals surface area contributed by atoms with Crippen LogP contribution in [0.15, 0.2) is 71.3 Å². The molecule has 4 rings (SSSR count). The number of hydrogen-bond donors (Lipinski definition) is 2. The van der Waals surface area contributed by atoms with Gasteiger partial charge in [-0.1, -0.05) is 32.0 Å². The summed E-state index contributed by atoms with van der Waals surface area (Å²) in [4.78, 5) is 35.6. The van der Waals surface area contributed by atoms with E-state index in [9.17, 15) is 25.0 Å². The fourth-order valence-corrected chi connectivity index (χ4v) is 4.42. The summed E-state index contributed by atoms with van der Waals surface area (Å²) in [7, 11) is 0. The van der Waals surface area contributed by atoms with E-state index in [-0.39, 0.29) is 40.6 Å². The van der Waals surface area contributed by atoms with E-state index in [1.165, 1.54) is 24.3 Å². The summed E-state index contributed by atoms with van der Waals surface area (Å²) in [5.41, 5.74) is 7.21. The zero-order chi connectivity index (χ0) is 26.0. The van der Waals surface area contributed by atoms with Gasteiger partial charge >= 0.3 is 0 Å². The first-order valence-corrected chi connectivity index (χ1v) is 11.2. The average molecular weight is 489 g/mol. The molecule has 0 fully saturated rings. The van der Waals surface area contributed by atoms with Crippen molar-refractivity contribution in [3.63, 3.8) is 0 Å². The van der Waals surface area contributed by atoms with Crippen molar-refractivity contribution in [2.75, 3.05) is 11.9 Å². The van der Waals surface area contributed by atoms with Crippen LogP contribution in [0.1, 0.15) is 38.2 Å². The maximum atomic E-state index is 13.0. The second kappa shape index (κ2) is 9.54. The van der Waals surface area contributed by atoms with Crippen molar-refractivity contribution in [1.29, 1.82) is 5.26 Å². The normalized spacial score (nSPS) is 18.6. The van der Waals surface area contributed by atoms with Gasteiger partial charge in [0.1, 0.15) is 23.2 Å². The molecule has 1 aliphatic carbocycles. The van der Waals surface area contributed by atoms with Crippen LogP contribution < -0.4 is 15.8 Å². The van der Waals surface area contributed by atoms with E-state index in [1.54, 1.807) is 24.3 Å². The van der Waals surface area contributed by atoms with Crippen LogP contribution in [0.4, 0.5) is 11.4 Å². The fraction of sp³-hybridized carbons (Fsp3) is 0.269. The molecule has 0 saturated heterocycles. The minimum absolute atomic E-state index is 0.00936. The Bertz CT molecular complexity index is 1350. The maximum absolute atomic E-state index is 13.0. The number of nitriles is 1. The van der Waals surface area contributed by atoms with Gasteiger partial charge in [-0.3, -0.25) is 19.7 Å². The van der Waals surface area contributed by atoms with Gasteiger partial charge in [0.15, 0.2) is 12.4 Å². The van der Waals surface area contributed by atoms with Crippen molar-refractivity contribution in [3.8, 4) is 11.8 Å². The second-order valence-electron chi connectivity index (χ2n) is 9.42. The van der Waals surface area contributed by atoms with Crippen molar-refractivity contribution in [3.05, 3.63) is 87.0 Å². The molecule has 0 aromatic heterocycles. The zero-order valence-corrected chi connectivity index (χ0v) is 19.7. The number of carbonyl (C=O) groups excluding carboxylic acids is 2. The predicted molar refractivity (Wildman–Crippen MR) is 129 cm³/mol. The number of nitro benzene ring substituents is 1. The average Bonchev–Trinajstić information content (AvgIpc) is 2.81. The Labute approximate surface area is 207 Å². The lowest BCUT2D eigenvalue weighted by Gasteiger charge is -2.37. The SMILES string of the molecule is CC1(C)CC(=O)C2=C(C1)OC(N)=C(C#N)C2c1ccc(OCC(=O)Nc2cccc([N+](=O)[O-])c2)cc1. The van der Waals surface area contributed by atoms with E-state index in [0.717, 1.165) is 0 Å². The molecule has 0 spiro atoms. The van der Waals surface area contributed by atoms with Crippen LogP contribution in [0.25, 0.3) is 0 Å². The maximum Gasteiger partial charge on any atom is 0.271 e. The number of anilines is 1. The lowest BCUT2D eigenvalue weighted by atomic mass is 9.70. The number of benzene rings is 2. The molecule has 1 aliphatic heterocycles. The van der Waals surface area contributed by atoms with E-state index in [4.69, 9.17) is 15.2 Å². The molecular weight excluding hydrogens is 464 g/mol. The number of nitrogens with one attached hydrogen (secondary N) is 1. The summed E-state index contributed by atoms with van der Waals surface area (Å²) in [5.74, 6) is -0.337. The second-order valence-corrected chi connectivity index (χ2v) is 9.42. The van der Waals surface area contributed by atoms with Gasteiger partial charge in [0.2, 0.25) is 5.88 Å². The summed E-state index contributed by atoms with van der Waals surface area (Å²) in [6.45, 7) is 3.64. The van der Waals surface area contributed by atoms with E-state index in [2.05, 4.69) is 11.4 Å². The Morgan fingerprint density at radius 1 is 1.28 bits per heavy atom. The van der Waals surface area contributed by atoms with E-state index >= 15 is 0 Å². The predicted octanol–water partition coefficient (Wildman–Crippen LogP) is 4.06. The molecule has 1 unspecified atom stereocenters. The molecule has 1 heterocycles. The number of nitro groups is 1. The van der Waals surface area contributed by atoms with Gasteiger partial charge < -0.3 is 20.5 Å². The van der Waals surface area contributed by atoms with Gasteiger partial charge in [-0.2, -0.15) is 5.26 Å². The highest BCUT2D eigenvalue weighted by Crippen LogP contribution is 2.47. The summed E-state index contributed by atoms with van der Waals surface area (Å²) >= 11 is 0. The van der Waals surface area contributed by atoms with E-state index < -0.39 is 16.7 Å². The first-order chi connectivity index (χ1) is 17.1. The van der Waals surface area contributed by atoms with Crippen LogP contribution in [-0.4, -0.2) is 23.2 Å². The van der Waals surface area contributed by atoms with Crippen LogP contribution in [0.2, 0.25) is 0 Å². The van der Waals surface area contributed by atoms with Crippen LogP contribution in [-0.2, 0) is 14.3 Å². The van der Waals surface area contributed by atoms with Gasteiger partial charge in [0, 0.05) is 36.2 Å². The number of rotatable bonds is 6. The van der Waals surface area contributed by atoms with E-state index in [1.807, 2.05) is 13.8 Å². The molecule has 2 aliphatic rings. The standard InChI is InChI=1S/C26H24N4O6/c1-26(2)11-20(31)24-21(12-26)36-25(28)19(13-27)23(24)15-6-8-18(9-7-15)35-14-22(32)29-16-4-3-5-17(10-16)30(33)34/h3-10,23H,11-12,14,28H2,1-2H3,(H,29,32). The van der Waals surface area contributed by atoms with Crippen LogP contribution in [0.5, 0.6) is 5.75 Å². The lowest BCUT2D eigenvalue weighted by molar-refractivity contribution is -0.384. The van der Waals surface area contributed by atoms with E-state index in [0.29, 0.717) is 35.5 Å². The number of nitrogens with zero attached hydrogens (tertiary/aromatic N) is 2. The summed E-state index contributed by atoms with van der Waals surface area (Å²) in [6.07, 6.45) is 0.871. The molecule has 3 N–H and O–H groups in total. The third-order valence-electron chi connectivity index (χ3n) is 6.00. The molecule has 36 heavy (non-hydrogen) atoms. The Kier molecular flexibility index (Phi) is 6.49. The third kappa shape index (κ3) is 5.05. The van der Waals surface area contributed by atoms with Crippen molar-refractivity contribution >= 4 is 23.1 Å². The Balaban J connectivity index is 1.49. The van der Waals surface area contributed by atoms with Crippen LogP contribution in [0.3, 0.4) is 0 Å². The molecule has 0 bridgehead atoms. The minimum Gasteiger partial charge on any atom is -0.484 e. The molecule has 2 aromatic rings. The highest BCUT2D eigenvalue weighted by molar-refractivity contribution is 6.00. The van der Waals surface area contributed by atoms with Gasteiger partial charge in [-0.05, 0) is 29.2 Å². The van der Waals surface area contributed by atoms with Gasteiger partial charge in [-0.15, -0.1) is 0 Å². The fourth-order valence-electron chi connectivity index (χ4n) is 4.42. The van der Waals surface area contributed by atoms with Crippen molar-refractivity contribution in [2.24, 2.45) is 11.1 Å². The highest BCUT2D eigenvalue weighted by atomic mass is 16.6. The molecule has 0 saturated carbocycles. The minimum atomic E-state index is -0.645. The molecule has 1 amide bonds. The van der Waals surface area contributed by atoms with Crippen LogP contribution >= 0.6 is 0 Å². The summed E-state index contributed by atoms with van der Waals surface area (Å²) in [6, 6.07) is 14.4. The number of Topliss-reactive ketones (excluding diaryl/α,β-unsaturated/α-hetero) is 1. The lowest BCUT2D eigenvalue weighted by Crippen LogP contribution is -2.33. The number of nitrogens with two attached hydrogens (primary N) is 1. The smallest absolute Gasteiger partial charge is 0.271 e. The zero-order valence-electron chi connectivity index (χ0n) is 19.7. The first-order valence-electron chi connectivity index (χ1n) is 11.2. The molecule has 1 atom stereocenters. The van der Waals surface area contributed by atoms with Crippen molar-refractivity contribution < 1.29 is 24.0 Å². The number of amides is 1. The Morgan fingerprint density at radius 2 is 2.00 bits per heavy atom. The molecule has 10 nitrogen and oxygen atoms in total. The number of non-ortho nitro benzene ring substituents is 1. The monoisotopic (exact) mass is 488 g/mol. The topological polar surface area (TPSA) is 158 Å². The van der Waals surface area contributed by atoms with Gasteiger partial charge in [-0.25, -0.2) is 0 Å². The molecule has 0 radical (unpaired) electrons. The van der Waals surface area contributed by atoms with Gasteiger partial charge in [0.05, 0.1) is 10.8 Å². The quantitative estimate of drug-likeness (QED) is 0.455. The molecule has 184 valence electrons. The van der Waals surface area contributed by atoms with Crippen molar-refractivity contribution in [2.45, 2.75) is 32.6 Å². The van der Waals surface area contributed by atoms with Gasteiger partial charge in [0.25, 0.3) is 11.6 Å². The molecule has 2 aromatic carbocycles. The van der Waals surface area contributed by atoms with Crippen molar-refractivity contribution in [1.82, 2.24) is 0 Å². The Morgan fingerprint density at radius 3 is 2.67 bits per heavy atom. The number of hydrogen-bond acceptors (Lipinski definition) is 8. The third-order valence-corrected chi connectivity index (χ3v) is 6.00. The number of allylic oxidation sites excluding steroid dienone is 3. The number of ketones is 1. The number of carbonyl (C=O) groups is 2. The summed E-state index contributed by atoms with van der Waals surface area (Å²) in [5, 5.41) is 23.2. The number of ether oxygens (including phenoxy) is 2. The highest BCUT2D eigenvalue weighted by Gasteiger charge is 2.42. The van der Waals surface area contributed by atoms with Crippen LogP contribution in [0, 0.1) is 26.9 Å².